The maximum atomic E-state index is 12.0. The van der Waals surface area contributed by atoms with Gasteiger partial charge in [-0.25, -0.2) is 15.0 Å². The number of aromatic nitrogens is 3. The molecule has 10 heteroatoms. The normalized spacial score (nSPS) is 17.8. The van der Waals surface area contributed by atoms with Gasteiger partial charge >= 0.3 is 0 Å². The van der Waals surface area contributed by atoms with Crippen LogP contribution in [-0.4, -0.2) is 72.3 Å². The number of hydrogen-bond donors (Lipinski definition) is 0. The summed E-state index contributed by atoms with van der Waals surface area (Å²) in [6, 6.07) is 3.90. The Hall–Kier alpha value is -3.45. The molecule has 1 amide bonds. The number of fused-ring (bicyclic) bond motifs is 1. The monoisotopic (exact) mass is 424 g/mol. The summed E-state index contributed by atoms with van der Waals surface area (Å²) in [6.45, 7) is 2.51. The molecule has 0 aromatic carbocycles. The van der Waals surface area contributed by atoms with E-state index in [0.29, 0.717) is 37.0 Å². The van der Waals surface area contributed by atoms with Crippen molar-refractivity contribution in [2.45, 2.75) is 25.5 Å². The maximum absolute atomic E-state index is 12.0. The fourth-order valence-electron chi connectivity index (χ4n) is 3.92. The Balaban J connectivity index is 1.50. The highest BCUT2D eigenvalue weighted by Gasteiger charge is 2.30. The Morgan fingerprint density at radius 1 is 1.26 bits per heavy atom. The van der Waals surface area contributed by atoms with E-state index in [1.165, 1.54) is 20.5 Å². The van der Waals surface area contributed by atoms with Crippen molar-refractivity contribution in [3.05, 3.63) is 35.4 Å². The van der Waals surface area contributed by atoms with Crippen molar-refractivity contribution in [2.24, 2.45) is 0 Å². The van der Waals surface area contributed by atoms with Crippen molar-refractivity contribution < 1.29 is 19.0 Å². The van der Waals surface area contributed by atoms with E-state index in [2.05, 4.69) is 25.9 Å². The van der Waals surface area contributed by atoms with E-state index in [1.807, 2.05) is 0 Å². The van der Waals surface area contributed by atoms with Gasteiger partial charge in [0.15, 0.2) is 0 Å². The third-order valence-corrected chi connectivity index (χ3v) is 5.52. The second-order valence-corrected chi connectivity index (χ2v) is 7.44. The summed E-state index contributed by atoms with van der Waals surface area (Å²) >= 11 is 0. The van der Waals surface area contributed by atoms with Crippen LogP contribution in [0, 0.1) is 11.3 Å². The first-order valence-electron chi connectivity index (χ1n) is 10.1. The number of rotatable bonds is 6. The standard InChI is InChI=1S/C21H24N6O4/c1-29-12-19(28)27-5-3-16(10-27)31-21-17-11-26(6-4-18(17)24-13-25-21)15-7-14(8-22)20(30-2)23-9-15/h7,9,13,16H,3-6,10-12H2,1-2H3. The Morgan fingerprint density at radius 3 is 2.90 bits per heavy atom. The van der Waals surface area contributed by atoms with Gasteiger partial charge in [-0.1, -0.05) is 0 Å². The predicted molar refractivity (Wildman–Crippen MR) is 110 cm³/mol. The van der Waals surface area contributed by atoms with E-state index in [9.17, 15) is 10.1 Å². The molecule has 1 fully saturated rings. The zero-order chi connectivity index (χ0) is 21.8. The minimum absolute atomic E-state index is 0.0372. The van der Waals surface area contributed by atoms with Gasteiger partial charge in [-0.05, 0) is 6.07 Å². The summed E-state index contributed by atoms with van der Waals surface area (Å²) in [5, 5.41) is 9.36. The molecule has 4 rings (SSSR count). The van der Waals surface area contributed by atoms with Crippen LogP contribution >= 0.6 is 0 Å². The second-order valence-electron chi connectivity index (χ2n) is 7.44. The highest BCUT2D eigenvalue weighted by atomic mass is 16.5. The molecule has 0 N–H and O–H groups in total. The maximum Gasteiger partial charge on any atom is 0.248 e. The number of nitriles is 1. The molecule has 10 nitrogen and oxygen atoms in total. The molecule has 31 heavy (non-hydrogen) atoms. The molecule has 1 atom stereocenters. The zero-order valence-corrected chi connectivity index (χ0v) is 17.6. The molecule has 0 aliphatic carbocycles. The van der Waals surface area contributed by atoms with E-state index in [-0.39, 0.29) is 18.6 Å². The number of methoxy groups -OCH3 is 2. The molecule has 2 aromatic rings. The lowest BCUT2D eigenvalue weighted by Crippen LogP contribution is -2.34. The van der Waals surface area contributed by atoms with Gasteiger partial charge in [-0.3, -0.25) is 4.79 Å². The molecular formula is C21H24N6O4. The average Bonchev–Trinajstić information content (AvgIpc) is 3.27. The van der Waals surface area contributed by atoms with Crippen LogP contribution < -0.4 is 14.4 Å². The van der Waals surface area contributed by atoms with Crippen molar-refractivity contribution >= 4 is 11.6 Å². The second kappa shape index (κ2) is 9.14. The summed E-state index contributed by atoms with van der Waals surface area (Å²) in [5.74, 6) is 0.817. The fourth-order valence-corrected chi connectivity index (χ4v) is 3.92. The third-order valence-electron chi connectivity index (χ3n) is 5.52. The lowest BCUT2D eigenvalue weighted by Gasteiger charge is -2.31. The molecule has 0 spiro atoms. The molecule has 1 saturated heterocycles. The highest BCUT2D eigenvalue weighted by Crippen LogP contribution is 2.31. The molecule has 1 unspecified atom stereocenters. The van der Waals surface area contributed by atoms with Gasteiger partial charge in [0.05, 0.1) is 43.3 Å². The topological polar surface area (TPSA) is 114 Å². The molecular weight excluding hydrogens is 400 g/mol. The summed E-state index contributed by atoms with van der Waals surface area (Å²) in [4.78, 5) is 29.0. The van der Waals surface area contributed by atoms with E-state index in [1.54, 1.807) is 17.2 Å². The SMILES string of the molecule is COCC(=O)N1CCC(Oc2ncnc3c2CN(c2cnc(OC)c(C#N)c2)CC3)C1. The molecule has 4 heterocycles. The highest BCUT2D eigenvalue weighted by molar-refractivity contribution is 5.77. The van der Waals surface area contributed by atoms with Crippen LogP contribution in [0.1, 0.15) is 23.2 Å². The summed E-state index contributed by atoms with van der Waals surface area (Å²) in [6.07, 6.45) is 4.57. The van der Waals surface area contributed by atoms with E-state index in [4.69, 9.17) is 14.2 Å². The fraction of sp³-hybridized carbons (Fsp3) is 0.476. The molecule has 0 bridgehead atoms. The number of hydrogen-bond acceptors (Lipinski definition) is 9. The Labute approximate surface area is 180 Å². The number of likely N-dealkylation sites (tertiary alicyclic amines) is 1. The van der Waals surface area contributed by atoms with Crippen molar-refractivity contribution in [2.75, 3.05) is 45.4 Å². The number of pyridine rings is 1. The van der Waals surface area contributed by atoms with Crippen LogP contribution in [0.25, 0.3) is 0 Å². The van der Waals surface area contributed by atoms with Gasteiger partial charge in [0.25, 0.3) is 0 Å². The summed E-state index contributed by atoms with van der Waals surface area (Å²) < 4.78 is 16.3. The Morgan fingerprint density at radius 2 is 2.13 bits per heavy atom. The summed E-state index contributed by atoms with van der Waals surface area (Å²) in [7, 11) is 3.01. The number of nitrogens with zero attached hydrogens (tertiary/aromatic N) is 6. The first kappa shape index (κ1) is 20.8. The summed E-state index contributed by atoms with van der Waals surface area (Å²) in [5.41, 5.74) is 3.09. The first-order chi connectivity index (χ1) is 15.1. The Bertz CT molecular complexity index is 1010. The number of amides is 1. The van der Waals surface area contributed by atoms with Gasteiger partial charge in [-0.2, -0.15) is 5.26 Å². The lowest BCUT2D eigenvalue weighted by atomic mass is 10.1. The van der Waals surface area contributed by atoms with E-state index < -0.39 is 0 Å². The number of carbonyl (C=O) groups excluding carboxylic acids is 1. The molecule has 0 saturated carbocycles. The van der Waals surface area contributed by atoms with Crippen LogP contribution in [0.3, 0.4) is 0 Å². The van der Waals surface area contributed by atoms with Crippen molar-refractivity contribution in [1.82, 2.24) is 19.9 Å². The van der Waals surface area contributed by atoms with Gasteiger partial charge in [0, 0.05) is 33.0 Å². The van der Waals surface area contributed by atoms with Crippen molar-refractivity contribution in [3.8, 4) is 17.8 Å². The zero-order valence-electron chi connectivity index (χ0n) is 17.6. The van der Waals surface area contributed by atoms with Gasteiger partial charge in [-0.15, -0.1) is 0 Å². The number of carbonyl (C=O) groups is 1. The van der Waals surface area contributed by atoms with Gasteiger partial charge in [0.2, 0.25) is 17.7 Å². The molecule has 2 aliphatic heterocycles. The predicted octanol–water partition coefficient (Wildman–Crippen LogP) is 0.941. The largest absolute Gasteiger partial charge is 0.480 e. The first-order valence-corrected chi connectivity index (χ1v) is 10.1. The lowest BCUT2D eigenvalue weighted by molar-refractivity contribution is -0.134. The van der Waals surface area contributed by atoms with Crippen LogP contribution in [-0.2, 0) is 22.5 Å². The molecule has 2 aromatic heterocycles. The van der Waals surface area contributed by atoms with Crippen molar-refractivity contribution in [1.29, 1.82) is 5.26 Å². The van der Waals surface area contributed by atoms with Crippen molar-refractivity contribution in [3.63, 3.8) is 0 Å². The van der Waals surface area contributed by atoms with Crippen LogP contribution in [0.5, 0.6) is 11.8 Å². The third kappa shape index (κ3) is 4.36. The molecule has 2 aliphatic rings. The van der Waals surface area contributed by atoms with Gasteiger partial charge < -0.3 is 24.0 Å². The minimum Gasteiger partial charge on any atom is -0.480 e. The van der Waals surface area contributed by atoms with Crippen LogP contribution in [0.2, 0.25) is 0 Å². The quantitative estimate of drug-likeness (QED) is 0.668. The van der Waals surface area contributed by atoms with E-state index >= 15 is 0 Å². The molecule has 162 valence electrons. The number of anilines is 1. The van der Waals surface area contributed by atoms with Crippen LogP contribution in [0.15, 0.2) is 18.6 Å². The van der Waals surface area contributed by atoms with E-state index in [0.717, 1.165) is 36.3 Å². The molecule has 0 radical (unpaired) electrons. The Kier molecular flexibility index (Phi) is 6.13. The van der Waals surface area contributed by atoms with Crippen LogP contribution in [0.4, 0.5) is 5.69 Å². The van der Waals surface area contributed by atoms with Gasteiger partial charge in [0.1, 0.15) is 30.7 Å². The average molecular weight is 424 g/mol. The smallest absolute Gasteiger partial charge is 0.248 e. The minimum atomic E-state index is -0.122. The number of ether oxygens (including phenoxy) is 3.